The van der Waals surface area contributed by atoms with Crippen molar-refractivity contribution in [1.29, 1.82) is 0 Å². The van der Waals surface area contributed by atoms with Crippen LogP contribution >= 0.6 is 0 Å². The smallest absolute Gasteiger partial charge is 0.140 e. The van der Waals surface area contributed by atoms with Gasteiger partial charge in [-0.1, -0.05) is 11.2 Å². The van der Waals surface area contributed by atoms with Gasteiger partial charge in [-0.2, -0.15) is 0 Å². The third-order valence-corrected chi connectivity index (χ3v) is 4.11. The van der Waals surface area contributed by atoms with Gasteiger partial charge in [0.2, 0.25) is 0 Å². The molecule has 0 aliphatic heterocycles. The number of nitrogens with zero attached hydrogens (tertiary/aromatic N) is 3. The van der Waals surface area contributed by atoms with Gasteiger partial charge in [0.05, 0.1) is 5.69 Å². The molecule has 2 heterocycles. The van der Waals surface area contributed by atoms with Crippen LogP contribution in [0.15, 0.2) is 22.7 Å². The summed E-state index contributed by atoms with van der Waals surface area (Å²) < 4.78 is 5.50. The first-order chi connectivity index (χ1) is 10.6. The van der Waals surface area contributed by atoms with Gasteiger partial charge in [0.25, 0.3) is 0 Å². The average molecular weight is 300 g/mol. The van der Waals surface area contributed by atoms with E-state index in [1.807, 2.05) is 13.0 Å². The number of aryl methyl sites for hydroxylation is 2. The summed E-state index contributed by atoms with van der Waals surface area (Å²) in [6.07, 6.45) is 3.05. The maximum Gasteiger partial charge on any atom is 0.140 e. The van der Waals surface area contributed by atoms with Crippen LogP contribution in [0.1, 0.15) is 34.8 Å². The van der Waals surface area contributed by atoms with Crippen LogP contribution in [0.5, 0.6) is 0 Å². The second-order valence-electron chi connectivity index (χ2n) is 6.36. The van der Waals surface area contributed by atoms with Crippen molar-refractivity contribution in [3.05, 3.63) is 46.6 Å². The predicted molar refractivity (Wildman–Crippen MR) is 85.5 cm³/mol. The second kappa shape index (κ2) is 6.58. The van der Waals surface area contributed by atoms with Gasteiger partial charge < -0.3 is 14.7 Å². The zero-order chi connectivity index (χ0) is 15.5. The maximum absolute atomic E-state index is 5.50. The quantitative estimate of drug-likeness (QED) is 0.916. The molecule has 2 aromatic heterocycles. The first-order valence-electron chi connectivity index (χ1n) is 7.89. The topological polar surface area (TPSA) is 54.2 Å². The normalized spacial score (nSPS) is 17.7. The number of aromatic nitrogens is 2. The summed E-state index contributed by atoms with van der Waals surface area (Å²) in [6.45, 7) is 3.68. The Balaban J connectivity index is 1.62. The minimum atomic E-state index is 0.468. The molecule has 3 rings (SSSR count). The summed E-state index contributed by atoms with van der Waals surface area (Å²) in [6, 6.07) is 6.63. The van der Waals surface area contributed by atoms with E-state index in [0.717, 1.165) is 55.2 Å². The lowest BCUT2D eigenvalue weighted by molar-refractivity contribution is 0.339. The van der Waals surface area contributed by atoms with Crippen molar-refractivity contribution in [1.82, 2.24) is 20.4 Å². The van der Waals surface area contributed by atoms with Crippen LogP contribution in [0.3, 0.4) is 0 Å². The highest BCUT2D eigenvalue weighted by Gasteiger charge is 2.25. The first kappa shape index (κ1) is 15.2. The molecule has 5 heteroatoms. The predicted octanol–water partition coefficient (Wildman–Crippen LogP) is 2.09. The lowest BCUT2D eigenvalue weighted by Gasteiger charge is -2.23. The van der Waals surface area contributed by atoms with Crippen LogP contribution < -0.4 is 5.32 Å². The Hall–Kier alpha value is -1.72. The minimum absolute atomic E-state index is 0.468. The molecular weight excluding hydrogens is 276 g/mol. The number of fused-ring (bicyclic) bond motifs is 1. The van der Waals surface area contributed by atoms with E-state index in [0.29, 0.717) is 6.04 Å². The van der Waals surface area contributed by atoms with E-state index in [-0.39, 0.29) is 0 Å². The van der Waals surface area contributed by atoms with Gasteiger partial charge in [-0.25, -0.2) is 0 Å². The van der Waals surface area contributed by atoms with Crippen molar-refractivity contribution in [3.63, 3.8) is 0 Å². The summed E-state index contributed by atoms with van der Waals surface area (Å²) >= 11 is 0. The van der Waals surface area contributed by atoms with Crippen LogP contribution in [-0.4, -0.2) is 35.2 Å². The lowest BCUT2D eigenvalue weighted by atomic mass is 9.92. The summed E-state index contributed by atoms with van der Waals surface area (Å²) in [5.41, 5.74) is 4.55. The first-order valence-corrected chi connectivity index (χ1v) is 7.89. The Morgan fingerprint density at radius 3 is 3.00 bits per heavy atom. The molecular formula is C17H24N4O. The number of nitrogens with one attached hydrogen (secondary N) is 1. The average Bonchev–Trinajstić information content (AvgIpc) is 2.87. The van der Waals surface area contributed by atoms with Crippen molar-refractivity contribution < 1.29 is 4.52 Å². The molecule has 1 atom stereocenters. The van der Waals surface area contributed by atoms with E-state index in [1.54, 1.807) is 0 Å². The highest BCUT2D eigenvalue weighted by molar-refractivity contribution is 5.27. The van der Waals surface area contributed by atoms with Crippen molar-refractivity contribution in [2.75, 3.05) is 14.1 Å². The van der Waals surface area contributed by atoms with E-state index in [2.05, 4.69) is 46.6 Å². The second-order valence-corrected chi connectivity index (χ2v) is 6.36. The molecule has 0 aromatic carbocycles. The number of pyridine rings is 1. The fraction of sp³-hybridized carbons (Fsp3) is 0.529. The highest BCUT2D eigenvalue weighted by Crippen LogP contribution is 2.25. The molecule has 0 radical (unpaired) electrons. The van der Waals surface area contributed by atoms with E-state index < -0.39 is 0 Å². The van der Waals surface area contributed by atoms with Crippen molar-refractivity contribution in [3.8, 4) is 0 Å². The molecule has 2 aromatic rings. The molecule has 0 saturated heterocycles. The number of rotatable bonds is 5. The Morgan fingerprint density at radius 1 is 1.36 bits per heavy atom. The molecule has 1 aliphatic carbocycles. The SMILES string of the molecule is Cc1cccc(CNC2CCc3onc(CN(C)C)c3C2)n1. The highest BCUT2D eigenvalue weighted by atomic mass is 16.5. The molecule has 22 heavy (non-hydrogen) atoms. The lowest BCUT2D eigenvalue weighted by Crippen LogP contribution is -2.34. The molecule has 0 spiro atoms. The standard InChI is InChI=1S/C17H24N4O/c1-12-5-4-6-14(19-12)10-18-13-7-8-17-15(9-13)16(20-22-17)11-21(2)3/h4-6,13,18H,7-11H2,1-3H3. The molecule has 0 amide bonds. The zero-order valence-corrected chi connectivity index (χ0v) is 13.6. The van der Waals surface area contributed by atoms with Gasteiger partial charge in [0.15, 0.2) is 0 Å². The summed E-state index contributed by atoms with van der Waals surface area (Å²) in [5.74, 6) is 1.07. The molecule has 118 valence electrons. The third-order valence-electron chi connectivity index (χ3n) is 4.11. The van der Waals surface area contributed by atoms with Gasteiger partial charge in [0.1, 0.15) is 11.5 Å². The van der Waals surface area contributed by atoms with Crippen molar-refractivity contribution >= 4 is 0 Å². The van der Waals surface area contributed by atoms with Gasteiger partial charge in [-0.3, -0.25) is 4.98 Å². The molecule has 0 fully saturated rings. The van der Waals surface area contributed by atoms with Gasteiger partial charge in [-0.15, -0.1) is 0 Å². The molecule has 0 saturated carbocycles. The molecule has 1 unspecified atom stereocenters. The third kappa shape index (κ3) is 3.54. The van der Waals surface area contributed by atoms with Crippen LogP contribution in [0, 0.1) is 6.92 Å². The number of hydrogen-bond acceptors (Lipinski definition) is 5. The van der Waals surface area contributed by atoms with E-state index >= 15 is 0 Å². The summed E-state index contributed by atoms with van der Waals surface area (Å²) in [5, 5.41) is 7.88. The Labute approximate surface area is 131 Å². The fourth-order valence-corrected chi connectivity index (χ4v) is 3.01. The van der Waals surface area contributed by atoms with Gasteiger partial charge in [0, 0.05) is 36.8 Å². The fourth-order valence-electron chi connectivity index (χ4n) is 3.01. The van der Waals surface area contributed by atoms with E-state index in [9.17, 15) is 0 Å². The zero-order valence-electron chi connectivity index (χ0n) is 13.6. The number of hydrogen-bond donors (Lipinski definition) is 1. The Kier molecular flexibility index (Phi) is 4.55. The Bertz CT molecular complexity index is 635. The molecule has 1 aliphatic rings. The van der Waals surface area contributed by atoms with Crippen LogP contribution in [0.2, 0.25) is 0 Å². The van der Waals surface area contributed by atoms with Crippen LogP contribution in [0.4, 0.5) is 0 Å². The monoisotopic (exact) mass is 300 g/mol. The maximum atomic E-state index is 5.50. The van der Waals surface area contributed by atoms with Crippen molar-refractivity contribution in [2.24, 2.45) is 0 Å². The molecule has 5 nitrogen and oxygen atoms in total. The minimum Gasteiger partial charge on any atom is -0.361 e. The van der Waals surface area contributed by atoms with Crippen LogP contribution in [-0.2, 0) is 25.9 Å². The van der Waals surface area contributed by atoms with E-state index in [1.165, 1.54) is 5.56 Å². The van der Waals surface area contributed by atoms with E-state index in [4.69, 9.17) is 4.52 Å². The Morgan fingerprint density at radius 2 is 2.23 bits per heavy atom. The summed E-state index contributed by atoms with van der Waals surface area (Å²) in [7, 11) is 4.12. The van der Waals surface area contributed by atoms with Gasteiger partial charge in [-0.05, 0) is 46.0 Å². The summed E-state index contributed by atoms with van der Waals surface area (Å²) in [4.78, 5) is 6.68. The van der Waals surface area contributed by atoms with Crippen LogP contribution in [0.25, 0.3) is 0 Å². The molecule has 1 N–H and O–H groups in total. The largest absolute Gasteiger partial charge is 0.361 e. The molecule has 0 bridgehead atoms. The van der Waals surface area contributed by atoms with Crippen molar-refractivity contribution in [2.45, 2.75) is 45.3 Å². The van der Waals surface area contributed by atoms with Gasteiger partial charge >= 0.3 is 0 Å².